The molecular weight excluding hydrogens is 348 g/mol. The van der Waals surface area contributed by atoms with Crippen LogP contribution in [0.1, 0.15) is 11.1 Å². The van der Waals surface area contributed by atoms with E-state index in [1.807, 2.05) is 49.4 Å². The molecule has 0 fully saturated rings. The molecule has 0 saturated heterocycles. The summed E-state index contributed by atoms with van der Waals surface area (Å²) in [4.78, 5) is 8.55. The van der Waals surface area contributed by atoms with Crippen molar-refractivity contribution in [2.24, 2.45) is 0 Å². The Kier molecular flexibility index (Phi) is 5.92. The lowest BCUT2D eigenvalue weighted by Crippen LogP contribution is -2.07. The van der Waals surface area contributed by atoms with Crippen molar-refractivity contribution in [3.8, 4) is 5.75 Å². The molecule has 1 heterocycles. The summed E-state index contributed by atoms with van der Waals surface area (Å²) in [5.74, 6) is 2.23. The van der Waals surface area contributed by atoms with E-state index in [1.165, 1.54) is 11.9 Å². The molecule has 2 aromatic carbocycles. The van der Waals surface area contributed by atoms with Gasteiger partial charge < -0.3 is 15.4 Å². The molecule has 0 unspecified atom stereocenters. The first-order valence-corrected chi connectivity index (χ1v) is 8.74. The molecular formula is C20H21ClN4O. The topological polar surface area (TPSA) is 59.1 Å². The number of benzene rings is 2. The van der Waals surface area contributed by atoms with Crippen molar-refractivity contribution in [1.82, 2.24) is 9.97 Å². The second kappa shape index (κ2) is 8.54. The molecule has 6 heteroatoms. The Balaban J connectivity index is 1.64. The van der Waals surface area contributed by atoms with Crippen molar-refractivity contribution in [2.45, 2.75) is 13.3 Å². The number of aryl methyl sites for hydroxylation is 1. The van der Waals surface area contributed by atoms with Gasteiger partial charge in [-0.2, -0.15) is 0 Å². The van der Waals surface area contributed by atoms with Gasteiger partial charge in [0.2, 0.25) is 0 Å². The van der Waals surface area contributed by atoms with Gasteiger partial charge in [0.25, 0.3) is 0 Å². The average molecular weight is 369 g/mol. The van der Waals surface area contributed by atoms with Gasteiger partial charge >= 0.3 is 0 Å². The van der Waals surface area contributed by atoms with E-state index < -0.39 is 0 Å². The summed E-state index contributed by atoms with van der Waals surface area (Å²) in [5.41, 5.74) is 3.19. The molecule has 0 bridgehead atoms. The molecule has 1 aromatic heterocycles. The van der Waals surface area contributed by atoms with Crippen LogP contribution >= 0.6 is 11.6 Å². The highest BCUT2D eigenvalue weighted by Gasteiger charge is 2.05. The fourth-order valence-corrected chi connectivity index (χ4v) is 2.82. The molecule has 134 valence electrons. The molecule has 0 aliphatic rings. The molecule has 0 amide bonds. The molecule has 5 nitrogen and oxygen atoms in total. The predicted octanol–water partition coefficient (Wildman–Crippen LogP) is 4.85. The predicted molar refractivity (Wildman–Crippen MR) is 107 cm³/mol. The van der Waals surface area contributed by atoms with Crippen molar-refractivity contribution < 1.29 is 4.74 Å². The molecule has 0 radical (unpaired) electrons. The highest BCUT2D eigenvalue weighted by molar-refractivity contribution is 6.30. The number of nitrogens with one attached hydrogen (secondary N) is 2. The van der Waals surface area contributed by atoms with Crippen LogP contribution in [0.4, 0.5) is 17.3 Å². The molecule has 0 atom stereocenters. The standard InChI is InChI=1S/C20H21ClN4O/c1-14-6-7-18(26-2)17(10-14)25-20-12-19(23-13-24-20)22-9-8-15-4-3-5-16(21)11-15/h3-7,10-13H,8-9H2,1-2H3,(H2,22,23,24,25). The van der Waals surface area contributed by atoms with Gasteiger partial charge in [-0.1, -0.05) is 29.8 Å². The fraction of sp³-hybridized carbons (Fsp3) is 0.200. The van der Waals surface area contributed by atoms with Crippen molar-refractivity contribution in [3.63, 3.8) is 0 Å². The minimum atomic E-state index is 0.703. The first-order valence-electron chi connectivity index (χ1n) is 8.36. The van der Waals surface area contributed by atoms with E-state index in [0.29, 0.717) is 5.82 Å². The van der Waals surface area contributed by atoms with E-state index in [-0.39, 0.29) is 0 Å². The van der Waals surface area contributed by atoms with E-state index in [4.69, 9.17) is 16.3 Å². The zero-order valence-corrected chi connectivity index (χ0v) is 15.5. The number of anilines is 3. The van der Waals surface area contributed by atoms with Crippen LogP contribution in [0.3, 0.4) is 0 Å². The summed E-state index contributed by atoms with van der Waals surface area (Å²) in [6.07, 6.45) is 2.39. The van der Waals surface area contributed by atoms with Crippen molar-refractivity contribution >= 4 is 28.9 Å². The Bertz CT molecular complexity index is 885. The molecule has 3 aromatic rings. The van der Waals surface area contributed by atoms with Crippen molar-refractivity contribution in [2.75, 3.05) is 24.3 Å². The lowest BCUT2D eigenvalue weighted by atomic mass is 10.1. The van der Waals surface area contributed by atoms with Crippen LogP contribution in [0.15, 0.2) is 54.9 Å². The van der Waals surface area contributed by atoms with E-state index in [1.54, 1.807) is 7.11 Å². The molecule has 0 saturated carbocycles. The van der Waals surface area contributed by atoms with Crippen LogP contribution in [0.25, 0.3) is 0 Å². The third-order valence-corrected chi connectivity index (χ3v) is 4.13. The molecule has 26 heavy (non-hydrogen) atoms. The maximum atomic E-state index is 6.01. The number of nitrogens with zero attached hydrogens (tertiary/aromatic N) is 2. The first-order chi connectivity index (χ1) is 12.6. The number of hydrogen-bond donors (Lipinski definition) is 2. The quantitative estimate of drug-likeness (QED) is 0.624. The van der Waals surface area contributed by atoms with Crippen LogP contribution in [0.5, 0.6) is 5.75 Å². The summed E-state index contributed by atoms with van der Waals surface area (Å²) in [6.45, 7) is 2.79. The molecule has 0 spiro atoms. The van der Waals surface area contributed by atoms with Gasteiger partial charge in [-0.15, -0.1) is 0 Å². The van der Waals surface area contributed by atoms with Gasteiger partial charge in [-0.3, -0.25) is 0 Å². The van der Waals surface area contributed by atoms with E-state index in [2.05, 4.69) is 26.7 Å². The summed E-state index contributed by atoms with van der Waals surface area (Å²) in [7, 11) is 1.65. The zero-order valence-electron chi connectivity index (χ0n) is 14.8. The maximum absolute atomic E-state index is 6.01. The molecule has 3 rings (SSSR count). The fourth-order valence-electron chi connectivity index (χ4n) is 2.61. The first kappa shape index (κ1) is 18.0. The van der Waals surface area contributed by atoms with Crippen molar-refractivity contribution in [3.05, 3.63) is 71.0 Å². The van der Waals surface area contributed by atoms with E-state index >= 15 is 0 Å². The minimum Gasteiger partial charge on any atom is -0.495 e. The zero-order chi connectivity index (χ0) is 18.4. The summed E-state index contributed by atoms with van der Waals surface area (Å²) >= 11 is 6.01. The van der Waals surface area contributed by atoms with Gasteiger partial charge in [0, 0.05) is 17.6 Å². The molecule has 0 aliphatic carbocycles. The SMILES string of the molecule is COc1ccc(C)cc1Nc1cc(NCCc2cccc(Cl)c2)ncn1. The second-order valence-corrected chi connectivity index (χ2v) is 6.36. The monoisotopic (exact) mass is 368 g/mol. The number of rotatable bonds is 7. The van der Waals surface area contributed by atoms with Crippen LogP contribution in [0, 0.1) is 6.92 Å². The Morgan fingerprint density at radius 1 is 1.04 bits per heavy atom. The van der Waals surface area contributed by atoms with Gasteiger partial charge in [0.15, 0.2) is 0 Å². The summed E-state index contributed by atoms with van der Waals surface area (Å²) < 4.78 is 5.39. The number of hydrogen-bond acceptors (Lipinski definition) is 5. The lowest BCUT2D eigenvalue weighted by Gasteiger charge is -2.12. The smallest absolute Gasteiger partial charge is 0.142 e. The number of halogens is 1. The highest BCUT2D eigenvalue weighted by atomic mass is 35.5. The molecule has 0 aliphatic heterocycles. The Hall–Kier alpha value is -2.79. The summed E-state index contributed by atoms with van der Waals surface area (Å²) in [6, 6.07) is 15.7. The number of ether oxygens (including phenoxy) is 1. The number of methoxy groups -OCH3 is 1. The van der Waals surface area contributed by atoms with Crippen LogP contribution in [-0.4, -0.2) is 23.6 Å². The van der Waals surface area contributed by atoms with Crippen LogP contribution in [-0.2, 0) is 6.42 Å². The minimum absolute atomic E-state index is 0.703. The third-order valence-electron chi connectivity index (χ3n) is 3.89. The van der Waals surface area contributed by atoms with Crippen molar-refractivity contribution in [1.29, 1.82) is 0 Å². The Labute approximate surface area is 158 Å². The molecule has 2 N–H and O–H groups in total. The van der Waals surface area contributed by atoms with Gasteiger partial charge in [-0.25, -0.2) is 9.97 Å². The highest BCUT2D eigenvalue weighted by Crippen LogP contribution is 2.28. The van der Waals surface area contributed by atoms with Crippen LogP contribution in [0.2, 0.25) is 5.02 Å². The van der Waals surface area contributed by atoms with E-state index in [9.17, 15) is 0 Å². The summed E-state index contributed by atoms with van der Waals surface area (Å²) in [5, 5.41) is 7.35. The maximum Gasteiger partial charge on any atom is 0.142 e. The lowest BCUT2D eigenvalue weighted by molar-refractivity contribution is 0.416. The Morgan fingerprint density at radius 3 is 2.69 bits per heavy atom. The largest absolute Gasteiger partial charge is 0.495 e. The van der Waals surface area contributed by atoms with E-state index in [0.717, 1.165) is 40.8 Å². The number of aromatic nitrogens is 2. The second-order valence-electron chi connectivity index (χ2n) is 5.92. The Morgan fingerprint density at radius 2 is 1.88 bits per heavy atom. The van der Waals surface area contributed by atoms with Crippen LogP contribution < -0.4 is 15.4 Å². The average Bonchev–Trinajstić information content (AvgIpc) is 2.62. The third kappa shape index (κ3) is 4.86. The van der Waals surface area contributed by atoms with Gasteiger partial charge in [0.1, 0.15) is 23.7 Å². The van der Waals surface area contributed by atoms with Gasteiger partial charge in [0.05, 0.1) is 12.8 Å². The normalized spacial score (nSPS) is 10.4. The van der Waals surface area contributed by atoms with Gasteiger partial charge in [-0.05, 0) is 48.7 Å².